The van der Waals surface area contributed by atoms with Gasteiger partial charge in [0, 0.05) is 10.3 Å². The van der Waals surface area contributed by atoms with Gasteiger partial charge in [-0.2, -0.15) is 0 Å². The van der Waals surface area contributed by atoms with Crippen molar-refractivity contribution in [2.75, 3.05) is 0 Å². The van der Waals surface area contributed by atoms with Crippen molar-refractivity contribution in [3.8, 4) is 0 Å². The maximum Gasteiger partial charge on any atom is 0.205 e. The Bertz CT molecular complexity index is 258. The molecule has 0 saturated heterocycles. The molecule has 2 rings (SSSR count). The van der Waals surface area contributed by atoms with Crippen LogP contribution < -0.4 is 9.81 Å². The predicted octanol–water partition coefficient (Wildman–Crippen LogP) is -1.38. The van der Waals surface area contributed by atoms with Crippen molar-refractivity contribution in [2.24, 2.45) is 0 Å². The largest absolute Gasteiger partial charge is 0.360 e. The van der Waals surface area contributed by atoms with Crippen molar-refractivity contribution in [3.05, 3.63) is 35.2 Å². The van der Waals surface area contributed by atoms with Gasteiger partial charge < -0.3 is 10.4 Å². The topological polar surface area (TPSA) is 106 Å². The van der Waals surface area contributed by atoms with Gasteiger partial charge in [0.25, 0.3) is 0 Å². The van der Waals surface area contributed by atoms with E-state index in [1.807, 2.05) is 0 Å². The molecule has 0 unspecified atom stereocenters. The highest BCUT2D eigenvalue weighted by molar-refractivity contribution is 4.46. The third-order valence-electron chi connectivity index (χ3n) is 0.754. The Balaban J connectivity index is 0.000000120. The van der Waals surface area contributed by atoms with Crippen LogP contribution in [0.2, 0.25) is 0 Å². The Morgan fingerprint density at radius 2 is 1.33 bits per heavy atom. The molecule has 2 heterocycles. The molecule has 0 aliphatic rings. The van der Waals surface area contributed by atoms with Crippen LogP contribution in [0, 0.1) is 10.4 Å². The van der Waals surface area contributed by atoms with E-state index < -0.39 is 0 Å². The molecule has 0 atom stereocenters. The van der Waals surface area contributed by atoms with Crippen LogP contribution in [-0.2, 0) is 0 Å². The molecular formula is C4H4N4O4. The first-order valence-electron chi connectivity index (χ1n) is 2.79. The summed E-state index contributed by atoms with van der Waals surface area (Å²) >= 11 is 0. The fourth-order valence-electron chi connectivity index (χ4n) is 0.365. The van der Waals surface area contributed by atoms with E-state index in [0.29, 0.717) is 0 Å². The number of aromatic nitrogens is 4. The monoisotopic (exact) mass is 172 g/mol. The van der Waals surface area contributed by atoms with E-state index in [2.05, 4.69) is 19.6 Å². The molecule has 0 saturated carbocycles. The summed E-state index contributed by atoms with van der Waals surface area (Å²) in [4.78, 5) is 0.528. The van der Waals surface area contributed by atoms with Crippen molar-refractivity contribution in [1.82, 2.24) is 10.3 Å². The standard InChI is InChI=1S/2C2H2N2O2/c2*5-4-2-1-3-6-4/h2*1-2H. The summed E-state index contributed by atoms with van der Waals surface area (Å²) in [5, 5.41) is 25.7. The molecule has 0 amide bonds. The second kappa shape index (κ2) is 3.91. The zero-order chi connectivity index (χ0) is 8.81. The van der Waals surface area contributed by atoms with Crippen molar-refractivity contribution in [3.63, 3.8) is 0 Å². The van der Waals surface area contributed by atoms with Crippen molar-refractivity contribution in [1.29, 1.82) is 0 Å². The van der Waals surface area contributed by atoms with Gasteiger partial charge in [0.1, 0.15) is 0 Å². The van der Waals surface area contributed by atoms with Gasteiger partial charge in [0.2, 0.25) is 12.4 Å². The third-order valence-corrected chi connectivity index (χ3v) is 0.754. The van der Waals surface area contributed by atoms with E-state index in [1.165, 1.54) is 24.8 Å². The van der Waals surface area contributed by atoms with Crippen LogP contribution in [0.5, 0.6) is 0 Å². The summed E-state index contributed by atoms with van der Waals surface area (Å²) in [6.07, 6.45) is 4.88. The minimum atomic E-state index is 0.264. The molecule has 0 aliphatic carbocycles. The van der Waals surface area contributed by atoms with Gasteiger partial charge in [-0.15, -0.1) is 0 Å². The van der Waals surface area contributed by atoms with Crippen LogP contribution >= 0.6 is 0 Å². The molecule has 8 nitrogen and oxygen atoms in total. The molecule has 2 aromatic rings. The molecule has 8 heteroatoms. The lowest BCUT2D eigenvalue weighted by atomic mass is 11.0. The summed E-state index contributed by atoms with van der Waals surface area (Å²) in [6, 6.07) is 0. The van der Waals surface area contributed by atoms with Crippen LogP contribution in [0.3, 0.4) is 0 Å². The number of hydrogen-bond donors (Lipinski definition) is 0. The zero-order valence-electron chi connectivity index (χ0n) is 5.73. The molecule has 0 N–H and O–H groups in total. The molecule has 0 aliphatic heterocycles. The number of nitrogens with zero attached hydrogens (tertiary/aromatic N) is 4. The lowest BCUT2D eigenvalue weighted by molar-refractivity contribution is -0.802. The Morgan fingerprint density at radius 1 is 0.917 bits per heavy atom. The Labute approximate surface area is 65.7 Å². The van der Waals surface area contributed by atoms with Gasteiger partial charge in [0.05, 0.1) is 0 Å². The highest BCUT2D eigenvalue weighted by Crippen LogP contribution is 1.61. The summed E-state index contributed by atoms with van der Waals surface area (Å²) in [6.45, 7) is 0. The van der Waals surface area contributed by atoms with E-state index >= 15 is 0 Å². The first-order chi connectivity index (χ1) is 5.79. The maximum absolute atomic E-state index is 9.76. The fraction of sp³-hybridized carbons (Fsp3) is 0. The SMILES string of the molecule is [O-][n+]1ccno1.[O-][n+]1ccno1. The molecular weight excluding hydrogens is 168 g/mol. The summed E-state index contributed by atoms with van der Waals surface area (Å²) in [5.74, 6) is 0. The quantitative estimate of drug-likeness (QED) is 0.453. The molecule has 2 aromatic heterocycles. The fourth-order valence-corrected chi connectivity index (χ4v) is 0.365. The molecule has 0 fully saturated rings. The van der Waals surface area contributed by atoms with E-state index in [4.69, 9.17) is 0 Å². The van der Waals surface area contributed by atoms with Crippen LogP contribution in [-0.4, -0.2) is 10.3 Å². The van der Waals surface area contributed by atoms with E-state index in [0.717, 1.165) is 0 Å². The summed E-state index contributed by atoms with van der Waals surface area (Å²) in [7, 11) is 0. The first kappa shape index (κ1) is 7.98. The maximum atomic E-state index is 9.76. The molecule has 0 bridgehead atoms. The zero-order valence-corrected chi connectivity index (χ0v) is 5.73. The lowest BCUT2D eigenvalue weighted by Crippen LogP contribution is -2.20. The number of rotatable bonds is 0. The van der Waals surface area contributed by atoms with Crippen LogP contribution in [0.25, 0.3) is 0 Å². The van der Waals surface area contributed by atoms with Gasteiger partial charge in [0.15, 0.2) is 12.4 Å². The van der Waals surface area contributed by atoms with Crippen LogP contribution in [0.1, 0.15) is 0 Å². The smallest absolute Gasteiger partial charge is 0.205 e. The highest BCUT2D eigenvalue weighted by Gasteiger charge is 1.79. The van der Waals surface area contributed by atoms with E-state index in [1.54, 1.807) is 0 Å². The van der Waals surface area contributed by atoms with Crippen LogP contribution in [0.15, 0.2) is 34.0 Å². The van der Waals surface area contributed by atoms with Gasteiger partial charge in [-0.1, -0.05) is 0 Å². The summed E-state index contributed by atoms with van der Waals surface area (Å²) < 4.78 is 7.89. The molecule has 64 valence electrons. The van der Waals surface area contributed by atoms with Crippen molar-refractivity contribution < 1.29 is 19.1 Å². The second-order valence-electron chi connectivity index (χ2n) is 1.54. The Kier molecular flexibility index (Phi) is 2.60. The van der Waals surface area contributed by atoms with Gasteiger partial charge >= 0.3 is 0 Å². The minimum Gasteiger partial charge on any atom is -0.360 e. The average molecular weight is 172 g/mol. The van der Waals surface area contributed by atoms with E-state index in [-0.39, 0.29) is 9.81 Å². The predicted molar refractivity (Wildman–Crippen MR) is 30.9 cm³/mol. The lowest BCUT2D eigenvalue weighted by Gasteiger charge is -1.73. The van der Waals surface area contributed by atoms with Gasteiger partial charge in [-0.05, 0) is 9.81 Å². The minimum absolute atomic E-state index is 0.264. The second-order valence-corrected chi connectivity index (χ2v) is 1.54. The molecule has 12 heavy (non-hydrogen) atoms. The van der Waals surface area contributed by atoms with Gasteiger partial charge in [-0.25, -0.2) is 0 Å². The van der Waals surface area contributed by atoms with E-state index in [9.17, 15) is 10.4 Å². The summed E-state index contributed by atoms with van der Waals surface area (Å²) in [5.41, 5.74) is 0. The normalized spacial score (nSPS) is 8.67. The average Bonchev–Trinajstić information content (AvgIpc) is 2.63. The highest BCUT2D eigenvalue weighted by atomic mass is 16.8. The first-order valence-corrected chi connectivity index (χ1v) is 2.79. The van der Waals surface area contributed by atoms with Crippen molar-refractivity contribution in [2.45, 2.75) is 0 Å². The van der Waals surface area contributed by atoms with Crippen LogP contribution in [0.4, 0.5) is 0 Å². The Hall–Kier alpha value is -2.12. The molecule has 0 spiro atoms. The third kappa shape index (κ3) is 2.64. The van der Waals surface area contributed by atoms with Gasteiger partial charge in [-0.3, -0.25) is 9.26 Å². The molecule has 0 aromatic carbocycles. The van der Waals surface area contributed by atoms with Crippen molar-refractivity contribution >= 4 is 0 Å². The molecule has 0 radical (unpaired) electrons. The Morgan fingerprint density at radius 3 is 1.42 bits per heavy atom. The number of hydrogen-bond acceptors (Lipinski definition) is 6.